The molecule has 1 atom stereocenters. The maximum absolute atomic E-state index is 10.9. The molecule has 1 unspecified atom stereocenters. The van der Waals surface area contributed by atoms with E-state index in [0.29, 0.717) is 5.56 Å². The van der Waals surface area contributed by atoms with Crippen molar-refractivity contribution in [2.24, 2.45) is 5.73 Å². The molecular formula is C10H12N2O4. The van der Waals surface area contributed by atoms with E-state index in [1.165, 1.54) is 0 Å². The number of carbonyl (C=O) groups is 2. The number of hydrogen-bond acceptors (Lipinski definition) is 4. The van der Waals surface area contributed by atoms with Gasteiger partial charge >= 0.3 is 5.97 Å². The Morgan fingerprint density at radius 1 is 1.38 bits per heavy atom. The zero-order chi connectivity index (χ0) is 12.0. The molecule has 1 amide bonds. The number of carboxylic acid groups (broad SMARTS) is 1. The third-order valence-corrected chi connectivity index (χ3v) is 1.80. The third kappa shape index (κ3) is 3.68. The van der Waals surface area contributed by atoms with Gasteiger partial charge in [-0.15, -0.1) is 0 Å². The minimum Gasteiger partial charge on any atom is -0.480 e. The first kappa shape index (κ1) is 12.2. The van der Waals surface area contributed by atoms with E-state index >= 15 is 0 Å². The summed E-state index contributed by atoms with van der Waals surface area (Å²) in [6.45, 7) is -0.378. The molecule has 0 saturated heterocycles. The number of amides is 1. The first-order chi connectivity index (χ1) is 7.61. The Morgan fingerprint density at radius 3 is 2.50 bits per heavy atom. The van der Waals surface area contributed by atoms with E-state index in [1.54, 1.807) is 30.3 Å². The van der Waals surface area contributed by atoms with Gasteiger partial charge in [0.05, 0.1) is 0 Å². The van der Waals surface area contributed by atoms with E-state index in [9.17, 15) is 9.59 Å². The number of hydrogen-bond donors (Lipinski definition) is 3. The summed E-state index contributed by atoms with van der Waals surface area (Å²) in [6.07, 6.45) is 0. The Balaban J connectivity index is 2.62. The number of nitrogens with two attached hydrogens (primary N) is 1. The van der Waals surface area contributed by atoms with Gasteiger partial charge in [-0.3, -0.25) is 14.4 Å². The van der Waals surface area contributed by atoms with Crippen molar-refractivity contribution in [1.29, 1.82) is 0 Å². The van der Waals surface area contributed by atoms with Gasteiger partial charge in [0.1, 0.15) is 6.61 Å². The molecule has 1 aromatic carbocycles. The van der Waals surface area contributed by atoms with Crippen molar-refractivity contribution in [2.45, 2.75) is 6.04 Å². The molecule has 86 valence electrons. The van der Waals surface area contributed by atoms with Crippen LogP contribution in [0.1, 0.15) is 11.6 Å². The summed E-state index contributed by atoms with van der Waals surface area (Å²) in [4.78, 5) is 26.0. The Kier molecular flexibility index (Phi) is 4.43. The molecular weight excluding hydrogens is 212 g/mol. The van der Waals surface area contributed by atoms with E-state index < -0.39 is 17.9 Å². The van der Waals surface area contributed by atoms with Crippen molar-refractivity contribution in [1.82, 2.24) is 5.48 Å². The summed E-state index contributed by atoms with van der Waals surface area (Å²) in [7, 11) is 0. The fourth-order valence-corrected chi connectivity index (χ4v) is 1.10. The Bertz CT molecular complexity index is 366. The molecule has 0 aromatic heterocycles. The Morgan fingerprint density at radius 2 is 2.00 bits per heavy atom. The molecule has 0 saturated carbocycles. The summed E-state index contributed by atoms with van der Waals surface area (Å²) in [6, 6.07) is 7.44. The highest BCUT2D eigenvalue weighted by Crippen LogP contribution is 2.12. The molecule has 6 heteroatoms. The van der Waals surface area contributed by atoms with Crippen LogP contribution in [0.5, 0.6) is 0 Å². The van der Waals surface area contributed by atoms with Crippen LogP contribution >= 0.6 is 0 Å². The van der Waals surface area contributed by atoms with Crippen LogP contribution < -0.4 is 11.2 Å². The van der Waals surface area contributed by atoms with Crippen molar-refractivity contribution >= 4 is 11.9 Å². The molecule has 1 rings (SSSR count). The summed E-state index contributed by atoms with van der Waals surface area (Å²) >= 11 is 0. The van der Waals surface area contributed by atoms with Crippen LogP contribution in [0, 0.1) is 0 Å². The fraction of sp³-hybridized carbons (Fsp3) is 0.200. The van der Waals surface area contributed by atoms with Crippen LogP contribution in [-0.2, 0) is 14.4 Å². The highest BCUT2D eigenvalue weighted by Gasteiger charge is 2.19. The van der Waals surface area contributed by atoms with Crippen molar-refractivity contribution in [3.8, 4) is 0 Å². The van der Waals surface area contributed by atoms with Crippen LogP contribution in [0.3, 0.4) is 0 Å². The molecule has 0 aliphatic rings. The van der Waals surface area contributed by atoms with Gasteiger partial charge in [0.15, 0.2) is 6.04 Å². The molecule has 4 N–H and O–H groups in total. The third-order valence-electron chi connectivity index (χ3n) is 1.80. The van der Waals surface area contributed by atoms with E-state index in [-0.39, 0.29) is 6.61 Å². The molecule has 0 fully saturated rings. The maximum atomic E-state index is 10.9. The normalized spacial score (nSPS) is 12.0. The van der Waals surface area contributed by atoms with Crippen LogP contribution in [0.15, 0.2) is 30.3 Å². The lowest BCUT2D eigenvalue weighted by molar-refractivity contribution is -0.146. The van der Waals surface area contributed by atoms with E-state index in [2.05, 4.69) is 10.3 Å². The molecule has 0 aliphatic carbocycles. The van der Waals surface area contributed by atoms with Gasteiger partial charge in [-0.05, 0) is 5.56 Å². The number of benzene rings is 1. The molecule has 1 aromatic rings. The van der Waals surface area contributed by atoms with E-state index in [0.717, 1.165) is 0 Å². The van der Waals surface area contributed by atoms with Crippen molar-refractivity contribution in [3.63, 3.8) is 0 Å². The lowest BCUT2D eigenvalue weighted by Gasteiger charge is -2.13. The number of hydroxylamine groups is 1. The second-order valence-corrected chi connectivity index (χ2v) is 3.05. The number of carboxylic acids is 1. The molecule has 0 aliphatic heterocycles. The SMILES string of the molecule is NC(=O)CONC(C(=O)O)c1ccccc1. The monoisotopic (exact) mass is 224 g/mol. The zero-order valence-electron chi connectivity index (χ0n) is 8.42. The minimum absolute atomic E-state index is 0.378. The number of nitrogens with one attached hydrogen (secondary N) is 1. The lowest BCUT2D eigenvalue weighted by Crippen LogP contribution is -2.32. The van der Waals surface area contributed by atoms with Crippen LogP contribution in [0.25, 0.3) is 0 Å². The average molecular weight is 224 g/mol. The van der Waals surface area contributed by atoms with Gasteiger partial charge in [-0.1, -0.05) is 30.3 Å². The zero-order valence-corrected chi connectivity index (χ0v) is 8.42. The van der Waals surface area contributed by atoms with E-state index in [1.807, 2.05) is 0 Å². The smallest absolute Gasteiger partial charge is 0.327 e. The van der Waals surface area contributed by atoms with Gasteiger partial charge in [-0.25, -0.2) is 0 Å². The lowest BCUT2D eigenvalue weighted by atomic mass is 10.1. The van der Waals surface area contributed by atoms with Gasteiger partial charge in [-0.2, -0.15) is 5.48 Å². The van der Waals surface area contributed by atoms with Crippen LogP contribution in [0.2, 0.25) is 0 Å². The molecule has 0 radical (unpaired) electrons. The summed E-state index contributed by atoms with van der Waals surface area (Å²) < 4.78 is 0. The molecule has 6 nitrogen and oxygen atoms in total. The predicted molar refractivity (Wildman–Crippen MR) is 55.1 cm³/mol. The topological polar surface area (TPSA) is 102 Å². The first-order valence-corrected chi connectivity index (χ1v) is 4.54. The van der Waals surface area contributed by atoms with Gasteiger partial charge in [0.2, 0.25) is 5.91 Å². The number of aliphatic carboxylic acids is 1. The summed E-state index contributed by atoms with van der Waals surface area (Å²) in [5.41, 5.74) is 7.64. The molecule has 0 heterocycles. The summed E-state index contributed by atoms with van der Waals surface area (Å²) in [5.74, 6) is -1.78. The number of rotatable bonds is 6. The van der Waals surface area contributed by atoms with Gasteiger partial charge in [0, 0.05) is 0 Å². The Labute approximate surface area is 92.0 Å². The van der Waals surface area contributed by atoms with Crippen LogP contribution in [0.4, 0.5) is 0 Å². The van der Waals surface area contributed by atoms with Gasteiger partial charge in [0.25, 0.3) is 0 Å². The van der Waals surface area contributed by atoms with Crippen LogP contribution in [-0.4, -0.2) is 23.6 Å². The second kappa shape index (κ2) is 5.84. The fourth-order valence-electron chi connectivity index (χ4n) is 1.10. The predicted octanol–water partition coefficient (Wildman–Crippen LogP) is -0.181. The maximum Gasteiger partial charge on any atom is 0.327 e. The standard InChI is InChI=1S/C10H12N2O4/c11-8(13)6-16-12-9(10(14)15)7-4-2-1-3-5-7/h1-5,9,12H,6H2,(H2,11,13)(H,14,15). The van der Waals surface area contributed by atoms with Crippen molar-refractivity contribution in [2.75, 3.05) is 6.61 Å². The molecule has 16 heavy (non-hydrogen) atoms. The quantitative estimate of drug-likeness (QED) is 0.582. The second-order valence-electron chi connectivity index (χ2n) is 3.05. The molecule has 0 spiro atoms. The highest BCUT2D eigenvalue weighted by molar-refractivity contribution is 5.76. The van der Waals surface area contributed by atoms with Gasteiger partial charge < -0.3 is 10.8 Å². The Hall–Kier alpha value is -1.92. The molecule has 0 bridgehead atoms. The average Bonchev–Trinajstić information content (AvgIpc) is 2.25. The van der Waals surface area contributed by atoms with E-state index in [4.69, 9.17) is 10.8 Å². The summed E-state index contributed by atoms with van der Waals surface area (Å²) in [5, 5.41) is 8.93. The highest BCUT2D eigenvalue weighted by atomic mass is 16.6. The largest absolute Gasteiger partial charge is 0.480 e. The number of primary amides is 1. The number of carbonyl (C=O) groups excluding carboxylic acids is 1. The van der Waals surface area contributed by atoms with Crippen molar-refractivity contribution in [3.05, 3.63) is 35.9 Å². The minimum atomic E-state index is -1.10. The first-order valence-electron chi connectivity index (χ1n) is 4.54. The van der Waals surface area contributed by atoms with Crippen molar-refractivity contribution < 1.29 is 19.5 Å².